The predicted molar refractivity (Wildman–Crippen MR) is 52.4 cm³/mol. The van der Waals surface area contributed by atoms with Crippen molar-refractivity contribution in [2.75, 3.05) is 6.26 Å². The fourth-order valence-corrected chi connectivity index (χ4v) is 1.43. The highest BCUT2D eigenvalue weighted by molar-refractivity contribution is 7.98. The lowest BCUT2D eigenvalue weighted by Crippen LogP contribution is -2.21. The van der Waals surface area contributed by atoms with Crippen molar-refractivity contribution in [2.24, 2.45) is 0 Å². The first-order valence-corrected chi connectivity index (χ1v) is 5.44. The normalized spacial score (nSPS) is 10.7. The Morgan fingerprint density at radius 1 is 1.53 bits per heavy atom. The number of hydrogen-bond donors (Lipinski definition) is 1. The average molecular weight is 227 g/mol. The minimum absolute atomic E-state index is 0.215. The minimum atomic E-state index is -0.215. The van der Waals surface area contributed by atoms with Crippen molar-refractivity contribution in [3.63, 3.8) is 0 Å². The Morgan fingerprint density at radius 3 is 3.00 bits per heavy atom. The Hall–Kier alpha value is -1.64. The van der Waals surface area contributed by atoms with Gasteiger partial charge in [-0.1, -0.05) is 11.8 Å². The monoisotopic (exact) mass is 227 g/mol. The molecular formula is C6H9N7OS. The molecule has 80 valence electrons. The summed E-state index contributed by atoms with van der Waals surface area (Å²) in [5, 5.41) is 15.3. The number of aromatic nitrogens is 7. The zero-order valence-electron chi connectivity index (χ0n) is 7.99. The van der Waals surface area contributed by atoms with Gasteiger partial charge in [0, 0.05) is 0 Å². The first kappa shape index (κ1) is 9.90. The quantitative estimate of drug-likeness (QED) is 0.672. The molecular weight excluding hydrogens is 218 g/mol. The lowest BCUT2D eigenvalue weighted by Gasteiger charge is -1.97. The molecule has 0 unspecified atom stereocenters. The van der Waals surface area contributed by atoms with Gasteiger partial charge < -0.3 is 0 Å². The minimum Gasteiger partial charge on any atom is -0.284 e. The average Bonchev–Trinajstić information content (AvgIpc) is 2.84. The summed E-state index contributed by atoms with van der Waals surface area (Å²) in [5.74, 6) is 0. The summed E-state index contributed by atoms with van der Waals surface area (Å²) >= 11 is 1.39. The van der Waals surface area contributed by atoms with Gasteiger partial charge >= 0.3 is 5.69 Å². The molecule has 0 aliphatic heterocycles. The van der Waals surface area contributed by atoms with E-state index in [1.165, 1.54) is 22.8 Å². The van der Waals surface area contributed by atoms with Crippen LogP contribution in [0.1, 0.15) is 0 Å². The highest BCUT2D eigenvalue weighted by atomic mass is 32.2. The van der Waals surface area contributed by atoms with Gasteiger partial charge in [0.05, 0.1) is 13.1 Å². The van der Waals surface area contributed by atoms with Gasteiger partial charge in [-0.25, -0.2) is 14.2 Å². The standard InChI is InChI=1S/C6H9N7OS/c1-15-5-8-6(14)13(9-5)3-2-12-4-7-10-11-12/h4H,2-3H2,1H3,(H,8,9,14). The fourth-order valence-electron chi connectivity index (χ4n) is 1.06. The number of nitrogens with zero attached hydrogens (tertiary/aromatic N) is 6. The van der Waals surface area contributed by atoms with Crippen molar-refractivity contribution >= 4 is 11.8 Å². The Morgan fingerprint density at radius 2 is 2.40 bits per heavy atom. The van der Waals surface area contributed by atoms with Crippen LogP contribution in [-0.2, 0) is 13.1 Å². The van der Waals surface area contributed by atoms with Gasteiger partial charge in [-0.2, -0.15) is 0 Å². The number of H-pyrrole nitrogens is 1. The summed E-state index contributed by atoms with van der Waals surface area (Å²) < 4.78 is 2.90. The maximum Gasteiger partial charge on any atom is 0.344 e. The predicted octanol–water partition coefficient (Wildman–Crippen LogP) is -1.02. The number of aryl methyl sites for hydroxylation is 2. The summed E-state index contributed by atoms with van der Waals surface area (Å²) in [6, 6.07) is 0. The molecule has 0 fully saturated rings. The van der Waals surface area contributed by atoms with E-state index in [1.807, 2.05) is 6.26 Å². The van der Waals surface area contributed by atoms with Crippen LogP contribution in [0.15, 0.2) is 16.3 Å². The third-order valence-corrected chi connectivity index (χ3v) is 2.36. The molecule has 2 rings (SSSR count). The van der Waals surface area contributed by atoms with E-state index in [9.17, 15) is 4.79 Å². The van der Waals surface area contributed by atoms with Crippen molar-refractivity contribution in [1.29, 1.82) is 0 Å². The fraction of sp³-hybridized carbons (Fsp3) is 0.500. The van der Waals surface area contributed by atoms with Gasteiger partial charge in [-0.15, -0.1) is 10.2 Å². The summed E-state index contributed by atoms with van der Waals surface area (Å²) in [7, 11) is 0. The van der Waals surface area contributed by atoms with E-state index in [1.54, 1.807) is 4.68 Å². The van der Waals surface area contributed by atoms with Crippen molar-refractivity contribution in [2.45, 2.75) is 18.2 Å². The van der Waals surface area contributed by atoms with Crippen LogP contribution in [0.5, 0.6) is 0 Å². The Bertz CT molecular complexity index is 472. The molecule has 0 atom stereocenters. The number of thioether (sulfide) groups is 1. The van der Waals surface area contributed by atoms with E-state index < -0.39 is 0 Å². The lowest BCUT2D eigenvalue weighted by atomic mass is 10.6. The summed E-state index contributed by atoms with van der Waals surface area (Å²) in [6.07, 6.45) is 3.34. The van der Waals surface area contributed by atoms with Crippen molar-refractivity contribution in [3.8, 4) is 0 Å². The smallest absolute Gasteiger partial charge is 0.284 e. The van der Waals surface area contributed by atoms with Crippen LogP contribution in [0.4, 0.5) is 0 Å². The molecule has 0 aromatic carbocycles. The molecule has 0 aliphatic carbocycles. The second-order valence-electron chi connectivity index (χ2n) is 2.74. The number of aromatic amines is 1. The molecule has 0 spiro atoms. The van der Waals surface area contributed by atoms with Crippen molar-refractivity contribution < 1.29 is 0 Å². The van der Waals surface area contributed by atoms with E-state index in [4.69, 9.17) is 0 Å². The Kier molecular flexibility index (Phi) is 2.81. The number of tetrazole rings is 1. The molecule has 0 radical (unpaired) electrons. The van der Waals surface area contributed by atoms with E-state index in [2.05, 4.69) is 25.6 Å². The number of nitrogens with one attached hydrogen (secondary N) is 1. The van der Waals surface area contributed by atoms with Crippen LogP contribution in [0.2, 0.25) is 0 Å². The maximum atomic E-state index is 11.3. The molecule has 15 heavy (non-hydrogen) atoms. The van der Waals surface area contributed by atoms with Crippen LogP contribution >= 0.6 is 11.8 Å². The van der Waals surface area contributed by atoms with Crippen LogP contribution in [0.3, 0.4) is 0 Å². The molecule has 0 amide bonds. The molecule has 9 heteroatoms. The van der Waals surface area contributed by atoms with Crippen LogP contribution < -0.4 is 5.69 Å². The number of rotatable bonds is 4. The highest BCUT2D eigenvalue weighted by Gasteiger charge is 2.03. The highest BCUT2D eigenvalue weighted by Crippen LogP contribution is 2.03. The van der Waals surface area contributed by atoms with Crippen molar-refractivity contribution in [1.82, 2.24) is 35.0 Å². The van der Waals surface area contributed by atoms with Crippen LogP contribution in [0.25, 0.3) is 0 Å². The number of hydrogen-bond acceptors (Lipinski definition) is 6. The molecule has 0 bridgehead atoms. The molecule has 0 saturated carbocycles. The molecule has 2 heterocycles. The van der Waals surface area contributed by atoms with E-state index >= 15 is 0 Å². The van der Waals surface area contributed by atoms with E-state index in [0.717, 1.165) is 0 Å². The Labute approximate surface area is 88.7 Å². The van der Waals surface area contributed by atoms with Gasteiger partial charge in [0.1, 0.15) is 6.33 Å². The van der Waals surface area contributed by atoms with Gasteiger partial charge in [0.15, 0.2) is 5.16 Å². The Balaban J connectivity index is 2.05. The van der Waals surface area contributed by atoms with E-state index in [0.29, 0.717) is 18.2 Å². The van der Waals surface area contributed by atoms with Gasteiger partial charge in [0.25, 0.3) is 0 Å². The second kappa shape index (κ2) is 4.26. The zero-order chi connectivity index (χ0) is 10.7. The van der Waals surface area contributed by atoms with Gasteiger partial charge in [-0.3, -0.25) is 4.98 Å². The molecule has 0 aliphatic rings. The van der Waals surface area contributed by atoms with Crippen LogP contribution in [-0.4, -0.2) is 41.2 Å². The molecule has 1 N–H and O–H groups in total. The first-order valence-electron chi connectivity index (χ1n) is 4.21. The van der Waals surface area contributed by atoms with Crippen molar-refractivity contribution in [3.05, 3.63) is 16.8 Å². The second-order valence-corrected chi connectivity index (χ2v) is 3.53. The van der Waals surface area contributed by atoms with E-state index in [-0.39, 0.29) is 5.69 Å². The molecule has 2 aromatic rings. The molecule has 2 aromatic heterocycles. The van der Waals surface area contributed by atoms with Gasteiger partial charge in [-0.05, 0) is 16.7 Å². The topological polar surface area (TPSA) is 94.3 Å². The summed E-state index contributed by atoms with van der Waals surface area (Å²) in [6.45, 7) is 0.965. The largest absolute Gasteiger partial charge is 0.344 e. The third kappa shape index (κ3) is 2.24. The van der Waals surface area contributed by atoms with Crippen LogP contribution in [0, 0.1) is 0 Å². The third-order valence-electron chi connectivity index (χ3n) is 1.79. The van der Waals surface area contributed by atoms with Gasteiger partial charge in [0.2, 0.25) is 0 Å². The summed E-state index contributed by atoms with van der Waals surface area (Å²) in [4.78, 5) is 14.0. The SMILES string of the molecule is CSc1nn(CCn2cnnn2)c(=O)[nH]1. The maximum absolute atomic E-state index is 11.3. The summed E-state index contributed by atoms with van der Waals surface area (Å²) in [5.41, 5.74) is -0.215. The molecule has 8 nitrogen and oxygen atoms in total. The lowest BCUT2D eigenvalue weighted by molar-refractivity contribution is 0.476. The molecule has 0 saturated heterocycles. The zero-order valence-corrected chi connectivity index (χ0v) is 8.81. The first-order chi connectivity index (χ1) is 7.29.